The van der Waals surface area contributed by atoms with Gasteiger partial charge < -0.3 is 4.57 Å². The molecule has 0 saturated carbocycles. The van der Waals surface area contributed by atoms with E-state index in [1.54, 1.807) is 0 Å². The number of benzene rings is 2. The third-order valence-corrected chi connectivity index (χ3v) is 4.55. The summed E-state index contributed by atoms with van der Waals surface area (Å²) in [5.41, 5.74) is 3.95. The lowest BCUT2D eigenvalue weighted by atomic mass is 10.3. The van der Waals surface area contributed by atoms with E-state index in [1.807, 2.05) is 48.5 Å². The topological polar surface area (TPSA) is 22.2 Å². The van der Waals surface area contributed by atoms with E-state index >= 15 is 0 Å². The molecule has 3 aromatic rings. The predicted molar refractivity (Wildman–Crippen MR) is 105 cm³/mol. The molecule has 130 valence electrons. The predicted octanol–water partition coefficient (Wildman–Crippen LogP) is 5.93. The Bertz CT molecular complexity index is 904. The van der Waals surface area contributed by atoms with Crippen LogP contribution in [0.2, 0.25) is 10.0 Å². The van der Waals surface area contributed by atoms with Crippen molar-refractivity contribution < 1.29 is 0 Å². The number of hydrogen-bond donors (Lipinski definition) is 0. The first-order valence-corrected chi connectivity index (χ1v) is 9.19. The fourth-order valence-electron chi connectivity index (χ4n) is 2.77. The molecule has 0 radical (unpaired) electrons. The third kappa shape index (κ3) is 4.17. The van der Waals surface area contributed by atoms with Crippen LogP contribution in [0.4, 0.5) is 5.69 Å². The standard InChI is InChI=1S/C20H21Cl2N3/c1-3-4-13-24-14-15(2)25(19-11-7-17(22)8-12-19)20(24)23-18-9-5-16(21)6-10-18/h5-12,14H,3-4,13H2,1-2H3. The molecule has 0 amide bonds. The van der Waals surface area contributed by atoms with E-state index in [0.717, 1.165) is 47.1 Å². The fraction of sp³-hybridized carbons (Fsp3) is 0.250. The van der Waals surface area contributed by atoms with Crippen LogP contribution in [0, 0.1) is 6.92 Å². The number of hydrogen-bond acceptors (Lipinski definition) is 1. The fourth-order valence-corrected chi connectivity index (χ4v) is 3.03. The molecule has 0 aliphatic heterocycles. The minimum absolute atomic E-state index is 0.710. The Balaban J connectivity index is 2.18. The lowest BCUT2D eigenvalue weighted by Gasteiger charge is -2.07. The smallest absolute Gasteiger partial charge is 0.215 e. The van der Waals surface area contributed by atoms with Gasteiger partial charge in [-0.3, -0.25) is 4.57 Å². The number of unbranched alkanes of at least 4 members (excludes halogenated alkanes) is 1. The second-order valence-electron chi connectivity index (χ2n) is 6.02. The molecule has 0 aliphatic rings. The second kappa shape index (κ2) is 7.94. The molecule has 5 heteroatoms. The van der Waals surface area contributed by atoms with Gasteiger partial charge in [-0.1, -0.05) is 36.5 Å². The zero-order valence-corrected chi connectivity index (χ0v) is 15.9. The van der Waals surface area contributed by atoms with Gasteiger partial charge in [0.15, 0.2) is 0 Å². The molecule has 0 unspecified atom stereocenters. The highest BCUT2D eigenvalue weighted by molar-refractivity contribution is 6.30. The van der Waals surface area contributed by atoms with Crippen LogP contribution in [0.3, 0.4) is 0 Å². The first-order valence-electron chi connectivity index (χ1n) is 8.43. The molecule has 1 heterocycles. The molecule has 0 fully saturated rings. The molecule has 1 aromatic heterocycles. The van der Waals surface area contributed by atoms with Crippen LogP contribution < -0.4 is 5.62 Å². The van der Waals surface area contributed by atoms with Crippen molar-refractivity contribution in [3.05, 3.63) is 76.1 Å². The first kappa shape index (κ1) is 17.8. The molecule has 0 atom stereocenters. The summed E-state index contributed by atoms with van der Waals surface area (Å²) >= 11 is 12.0. The quantitative estimate of drug-likeness (QED) is 0.528. The van der Waals surface area contributed by atoms with Gasteiger partial charge >= 0.3 is 0 Å². The average molecular weight is 374 g/mol. The number of imidazole rings is 1. The summed E-state index contributed by atoms with van der Waals surface area (Å²) in [6.45, 7) is 5.22. The Morgan fingerprint density at radius 1 is 0.920 bits per heavy atom. The van der Waals surface area contributed by atoms with Crippen molar-refractivity contribution in [3.63, 3.8) is 0 Å². The Labute approximate surface area is 158 Å². The van der Waals surface area contributed by atoms with E-state index in [4.69, 9.17) is 28.2 Å². The number of rotatable bonds is 5. The van der Waals surface area contributed by atoms with Crippen LogP contribution >= 0.6 is 23.2 Å². The number of aryl methyl sites for hydroxylation is 2. The number of halogens is 2. The second-order valence-corrected chi connectivity index (χ2v) is 6.89. The minimum atomic E-state index is 0.710. The lowest BCUT2D eigenvalue weighted by Crippen LogP contribution is -2.25. The average Bonchev–Trinajstić information content (AvgIpc) is 2.91. The lowest BCUT2D eigenvalue weighted by molar-refractivity contribution is 0.600. The van der Waals surface area contributed by atoms with Gasteiger partial charge in [0.2, 0.25) is 5.62 Å². The minimum Gasteiger partial charge on any atom is -0.317 e. The summed E-state index contributed by atoms with van der Waals surface area (Å²) in [6, 6.07) is 15.4. The maximum Gasteiger partial charge on any atom is 0.215 e. The van der Waals surface area contributed by atoms with Gasteiger partial charge in [0, 0.05) is 34.2 Å². The van der Waals surface area contributed by atoms with Gasteiger partial charge in [0.25, 0.3) is 0 Å². The Morgan fingerprint density at radius 3 is 2.12 bits per heavy atom. The largest absolute Gasteiger partial charge is 0.317 e. The summed E-state index contributed by atoms with van der Waals surface area (Å²) in [5, 5.41) is 1.44. The molecule has 0 aliphatic carbocycles. The van der Waals surface area contributed by atoms with Crippen LogP contribution in [0.25, 0.3) is 5.69 Å². The van der Waals surface area contributed by atoms with E-state index < -0.39 is 0 Å². The summed E-state index contributed by atoms with van der Waals surface area (Å²) in [7, 11) is 0. The van der Waals surface area contributed by atoms with Gasteiger partial charge in [-0.2, -0.15) is 0 Å². The third-order valence-electron chi connectivity index (χ3n) is 4.05. The van der Waals surface area contributed by atoms with Crippen molar-refractivity contribution in [1.82, 2.24) is 9.13 Å². The maximum absolute atomic E-state index is 6.05. The van der Waals surface area contributed by atoms with Crippen LogP contribution in [0.5, 0.6) is 0 Å². The molecular formula is C20H21Cl2N3. The van der Waals surface area contributed by atoms with Crippen molar-refractivity contribution in [2.24, 2.45) is 4.99 Å². The molecular weight excluding hydrogens is 353 g/mol. The molecule has 3 nitrogen and oxygen atoms in total. The molecule has 0 bridgehead atoms. The van der Waals surface area contributed by atoms with Crippen molar-refractivity contribution in [2.45, 2.75) is 33.2 Å². The van der Waals surface area contributed by atoms with Crippen LogP contribution in [-0.2, 0) is 6.54 Å². The summed E-state index contributed by atoms with van der Waals surface area (Å²) in [4.78, 5) is 4.89. The highest BCUT2D eigenvalue weighted by Gasteiger charge is 2.09. The van der Waals surface area contributed by atoms with E-state index in [2.05, 4.69) is 29.2 Å². The Hall–Kier alpha value is -1.97. The van der Waals surface area contributed by atoms with E-state index in [-0.39, 0.29) is 0 Å². The van der Waals surface area contributed by atoms with Gasteiger partial charge in [-0.05, 0) is 61.9 Å². The molecule has 2 aromatic carbocycles. The zero-order valence-electron chi connectivity index (χ0n) is 14.4. The van der Waals surface area contributed by atoms with E-state index in [1.165, 1.54) is 0 Å². The summed E-state index contributed by atoms with van der Waals surface area (Å²) < 4.78 is 4.36. The maximum atomic E-state index is 6.05. The highest BCUT2D eigenvalue weighted by Crippen LogP contribution is 2.17. The number of aromatic nitrogens is 2. The van der Waals surface area contributed by atoms with Crippen molar-refractivity contribution in [1.29, 1.82) is 0 Å². The monoisotopic (exact) mass is 373 g/mol. The number of nitrogens with zero attached hydrogens (tertiary/aromatic N) is 3. The first-order chi connectivity index (χ1) is 12.1. The van der Waals surface area contributed by atoms with Crippen LogP contribution in [-0.4, -0.2) is 9.13 Å². The Morgan fingerprint density at radius 2 is 1.52 bits per heavy atom. The van der Waals surface area contributed by atoms with Crippen molar-refractivity contribution in [3.8, 4) is 5.69 Å². The van der Waals surface area contributed by atoms with E-state index in [9.17, 15) is 0 Å². The van der Waals surface area contributed by atoms with Gasteiger partial charge in [0.05, 0.1) is 5.69 Å². The molecule has 3 rings (SSSR count). The van der Waals surface area contributed by atoms with Gasteiger partial charge in [-0.15, -0.1) is 0 Å². The molecule has 25 heavy (non-hydrogen) atoms. The Kier molecular flexibility index (Phi) is 5.67. The molecule has 0 saturated heterocycles. The molecule has 0 spiro atoms. The summed E-state index contributed by atoms with van der Waals surface area (Å²) in [6.07, 6.45) is 4.40. The highest BCUT2D eigenvalue weighted by atomic mass is 35.5. The summed E-state index contributed by atoms with van der Waals surface area (Å²) in [5.74, 6) is 0. The van der Waals surface area contributed by atoms with Crippen LogP contribution in [0.1, 0.15) is 25.5 Å². The van der Waals surface area contributed by atoms with Gasteiger partial charge in [-0.25, -0.2) is 4.99 Å². The SMILES string of the molecule is CCCCn1cc(C)n(-c2ccc(Cl)cc2)c1=Nc1ccc(Cl)cc1. The van der Waals surface area contributed by atoms with Gasteiger partial charge in [0.1, 0.15) is 0 Å². The zero-order chi connectivity index (χ0) is 17.8. The van der Waals surface area contributed by atoms with Crippen molar-refractivity contribution >= 4 is 28.9 Å². The molecule has 0 N–H and O–H groups in total. The van der Waals surface area contributed by atoms with Crippen molar-refractivity contribution in [2.75, 3.05) is 0 Å². The van der Waals surface area contributed by atoms with E-state index in [0.29, 0.717) is 5.02 Å². The van der Waals surface area contributed by atoms with Crippen LogP contribution in [0.15, 0.2) is 59.7 Å². The normalized spacial score (nSPS) is 11.9.